The van der Waals surface area contributed by atoms with Crippen molar-refractivity contribution in [2.75, 3.05) is 24.8 Å². The number of unbranched alkanes of at least 4 members (excludes halogenated alkanes) is 1. The largest absolute Gasteiger partial charge is 0.372 e. The second-order valence-electron chi connectivity index (χ2n) is 3.98. The van der Waals surface area contributed by atoms with E-state index in [9.17, 15) is 4.79 Å². The van der Waals surface area contributed by atoms with E-state index in [1.54, 1.807) is 12.1 Å². The van der Waals surface area contributed by atoms with Crippen molar-refractivity contribution in [3.05, 3.63) is 23.8 Å². The first-order valence-corrected chi connectivity index (χ1v) is 7.39. The SMILES string of the molecule is CCCCOCC(=O)Nc1cc(C#N)ccc1SC. The summed E-state index contributed by atoms with van der Waals surface area (Å²) in [5.41, 5.74) is 1.19. The van der Waals surface area contributed by atoms with E-state index < -0.39 is 0 Å². The minimum atomic E-state index is -0.193. The lowest BCUT2D eigenvalue weighted by Crippen LogP contribution is -2.19. The van der Waals surface area contributed by atoms with Crippen LogP contribution in [0.2, 0.25) is 0 Å². The van der Waals surface area contributed by atoms with Gasteiger partial charge in [-0.05, 0) is 30.9 Å². The van der Waals surface area contributed by atoms with Gasteiger partial charge in [0, 0.05) is 11.5 Å². The molecule has 0 aliphatic heterocycles. The lowest BCUT2D eigenvalue weighted by Gasteiger charge is -2.10. The van der Waals surface area contributed by atoms with E-state index in [1.165, 1.54) is 11.8 Å². The predicted octanol–water partition coefficient (Wildman–Crippen LogP) is 3.04. The van der Waals surface area contributed by atoms with Crippen molar-refractivity contribution in [2.45, 2.75) is 24.7 Å². The van der Waals surface area contributed by atoms with Crippen LogP contribution >= 0.6 is 11.8 Å². The van der Waals surface area contributed by atoms with Gasteiger partial charge in [-0.3, -0.25) is 4.79 Å². The highest BCUT2D eigenvalue weighted by molar-refractivity contribution is 7.98. The molecule has 0 spiro atoms. The quantitative estimate of drug-likeness (QED) is 0.615. The summed E-state index contributed by atoms with van der Waals surface area (Å²) in [6.07, 6.45) is 3.92. The zero-order valence-corrected chi connectivity index (χ0v) is 12.0. The zero-order valence-electron chi connectivity index (χ0n) is 11.2. The molecule has 0 bridgehead atoms. The molecule has 4 nitrogen and oxygen atoms in total. The van der Waals surface area contributed by atoms with E-state index in [1.807, 2.05) is 12.3 Å². The van der Waals surface area contributed by atoms with E-state index in [0.717, 1.165) is 17.7 Å². The van der Waals surface area contributed by atoms with Crippen LogP contribution in [0.15, 0.2) is 23.1 Å². The van der Waals surface area contributed by atoms with Crippen LogP contribution < -0.4 is 5.32 Å². The van der Waals surface area contributed by atoms with E-state index in [4.69, 9.17) is 10.00 Å². The van der Waals surface area contributed by atoms with Crippen LogP contribution in [0.5, 0.6) is 0 Å². The van der Waals surface area contributed by atoms with Crippen LogP contribution in [0.1, 0.15) is 25.3 Å². The standard InChI is InChI=1S/C14H18N2O2S/c1-3-4-7-18-10-14(17)16-12-8-11(9-15)5-6-13(12)19-2/h5-6,8H,3-4,7,10H2,1-2H3,(H,16,17). The summed E-state index contributed by atoms with van der Waals surface area (Å²) in [7, 11) is 0. The number of hydrogen-bond acceptors (Lipinski definition) is 4. The van der Waals surface area contributed by atoms with E-state index in [0.29, 0.717) is 17.9 Å². The normalized spacial score (nSPS) is 9.95. The number of carbonyl (C=O) groups is 1. The van der Waals surface area contributed by atoms with Crippen LogP contribution in [0.4, 0.5) is 5.69 Å². The Bertz CT molecular complexity index is 469. The Morgan fingerprint density at radius 3 is 2.95 bits per heavy atom. The number of amides is 1. The third-order valence-corrected chi connectivity index (χ3v) is 3.27. The number of thioether (sulfide) groups is 1. The van der Waals surface area contributed by atoms with Gasteiger partial charge in [0.05, 0.1) is 17.3 Å². The molecule has 0 fully saturated rings. The molecule has 0 aliphatic carbocycles. The van der Waals surface area contributed by atoms with Gasteiger partial charge in [0.2, 0.25) is 5.91 Å². The number of nitriles is 1. The molecule has 0 saturated heterocycles. The van der Waals surface area contributed by atoms with E-state index >= 15 is 0 Å². The Morgan fingerprint density at radius 2 is 2.32 bits per heavy atom. The number of nitrogens with zero attached hydrogens (tertiary/aromatic N) is 1. The van der Waals surface area contributed by atoms with Crippen molar-refractivity contribution in [1.82, 2.24) is 0 Å². The summed E-state index contributed by atoms with van der Waals surface area (Å²) in [6.45, 7) is 2.71. The number of hydrogen-bond donors (Lipinski definition) is 1. The van der Waals surface area contributed by atoms with Crippen LogP contribution in [0.25, 0.3) is 0 Å². The lowest BCUT2D eigenvalue weighted by molar-refractivity contribution is -0.120. The molecule has 0 aliphatic rings. The number of rotatable bonds is 7. The highest BCUT2D eigenvalue weighted by Crippen LogP contribution is 2.26. The fourth-order valence-electron chi connectivity index (χ4n) is 1.47. The van der Waals surface area contributed by atoms with Crippen molar-refractivity contribution < 1.29 is 9.53 Å². The molecule has 0 heterocycles. The number of ether oxygens (including phenoxy) is 1. The molecule has 5 heteroatoms. The number of anilines is 1. The first-order valence-electron chi connectivity index (χ1n) is 6.17. The highest BCUT2D eigenvalue weighted by atomic mass is 32.2. The molecule has 0 saturated carbocycles. The Labute approximate surface area is 118 Å². The molecular weight excluding hydrogens is 260 g/mol. The molecule has 0 unspecified atom stereocenters. The molecular formula is C14H18N2O2S. The monoisotopic (exact) mass is 278 g/mol. The smallest absolute Gasteiger partial charge is 0.250 e. The summed E-state index contributed by atoms with van der Waals surface area (Å²) in [4.78, 5) is 12.6. The Balaban J connectivity index is 2.60. The summed E-state index contributed by atoms with van der Waals surface area (Å²) in [5.74, 6) is -0.193. The molecule has 0 atom stereocenters. The minimum Gasteiger partial charge on any atom is -0.372 e. The van der Waals surface area contributed by atoms with E-state index in [-0.39, 0.29) is 12.5 Å². The second kappa shape index (κ2) is 8.57. The molecule has 1 rings (SSSR count). The molecule has 1 aromatic rings. The highest BCUT2D eigenvalue weighted by Gasteiger charge is 2.07. The summed E-state index contributed by atoms with van der Waals surface area (Å²) in [5, 5.41) is 11.6. The number of carbonyl (C=O) groups excluding carboxylic acids is 1. The third kappa shape index (κ3) is 5.33. The Morgan fingerprint density at radius 1 is 1.53 bits per heavy atom. The van der Waals surface area contributed by atoms with Gasteiger partial charge >= 0.3 is 0 Å². The van der Waals surface area contributed by atoms with Crippen molar-refractivity contribution in [2.24, 2.45) is 0 Å². The molecule has 1 amide bonds. The van der Waals surface area contributed by atoms with Crippen molar-refractivity contribution >= 4 is 23.4 Å². The second-order valence-corrected chi connectivity index (χ2v) is 4.83. The van der Waals surface area contributed by atoms with Gasteiger partial charge in [0.25, 0.3) is 0 Å². The third-order valence-electron chi connectivity index (χ3n) is 2.48. The van der Waals surface area contributed by atoms with Gasteiger partial charge in [-0.1, -0.05) is 13.3 Å². The Kier molecular flexibility index (Phi) is 7.01. The maximum atomic E-state index is 11.7. The topological polar surface area (TPSA) is 62.1 Å². The van der Waals surface area contributed by atoms with Crippen LogP contribution in [-0.2, 0) is 9.53 Å². The van der Waals surface area contributed by atoms with Crippen molar-refractivity contribution in [3.8, 4) is 6.07 Å². The van der Waals surface area contributed by atoms with Crippen LogP contribution in [0, 0.1) is 11.3 Å². The first kappa shape index (κ1) is 15.5. The first-order chi connectivity index (χ1) is 9.21. The number of benzene rings is 1. The fourth-order valence-corrected chi connectivity index (χ4v) is 2.01. The maximum Gasteiger partial charge on any atom is 0.250 e. The van der Waals surface area contributed by atoms with Gasteiger partial charge in [0.15, 0.2) is 0 Å². The molecule has 0 radical (unpaired) electrons. The number of nitrogens with one attached hydrogen (secondary N) is 1. The maximum absolute atomic E-state index is 11.7. The molecule has 19 heavy (non-hydrogen) atoms. The average molecular weight is 278 g/mol. The van der Waals surface area contributed by atoms with Gasteiger partial charge in [0.1, 0.15) is 6.61 Å². The predicted molar refractivity (Wildman–Crippen MR) is 77.3 cm³/mol. The molecule has 102 valence electrons. The van der Waals surface area contributed by atoms with Gasteiger partial charge in [-0.25, -0.2) is 0 Å². The minimum absolute atomic E-state index is 0.0462. The van der Waals surface area contributed by atoms with E-state index in [2.05, 4.69) is 18.3 Å². The van der Waals surface area contributed by atoms with Crippen molar-refractivity contribution in [1.29, 1.82) is 5.26 Å². The average Bonchev–Trinajstić information content (AvgIpc) is 2.43. The zero-order chi connectivity index (χ0) is 14.1. The molecule has 0 aromatic heterocycles. The lowest BCUT2D eigenvalue weighted by atomic mass is 10.2. The molecule has 1 N–H and O–H groups in total. The fraction of sp³-hybridized carbons (Fsp3) is 0.429. The van der Waals surface area contributed by atoms with Gasteiger partial charge < -0.3 is 10.1 Å². The molecule has 1 aromatic carbocycles. The van der Waals surface area contributed by atoms with Gasteiger partial charge in [-0.15, -0.1) is 11.8 Å². The summed E-state index contributed by atoms with van der Waals surface area (Å²) < 4.78 is 5.25. The Hall–Kier alpha value is -1.51. The van der Waals surface area contributed by atoms with Crippen LogP contribution in [0.3, 0.4) is 0 Å². The van der Waals surface area contributed by atoms with Gasteiger partial charge in [-0.2, -0.15) is 5.26 Å². The summed E-state index contributed by atoms with van der Waals surface area (Å²) in [6, 6.07) is 7.30. The van der Waals surface area contributed by atoms with Crippen LogP contribution in [-0.4, -0.2) is 25.4 Å². The summed E-state index contributed by atoms with van der Waals surface area (Å²) >= 11 is 1.52. The van der Waals surface area contributed by atoms with Crippen molar-refractivity contribution in [3.63, 3.8) is 0 Å².